The number of urea groups is 1. The largest absolute Gasteiger partial charge is 0.463 e. The maximum absolute atomic E-state index is 13.1. The number of aryl methyl sites for hydroxylation is 1. The topological polar surface area (TPSA) is 136 Å². The molecule has 1 heterocycles. The summed E-state index contributed by atoms with van der Waals surface area (Å²) in [5, 5.41) is 13.6. The van der Waals surface area contributed by atoms with Crippen molar-refractivity contribution in [1.82, 2.24) is 10.2 Å². The van der Waals surface area contributed by atoms with Crippen LogP contribution in [-0.2, 0) is 19.4 Å². The van der Waals surface area contributed by atoms with Gasteiger partial charge in [0, 0.05) is 17.8 Å². The highest BCUT2D eigenvalue weighted by Crippen LogP contribution is 2.36. The highest BCUT2D eigenvalue weighted by atomic mass is 32.2. The molecule has 174 valence electrons. The van der Waals surface area contributed by atoms with Gasteiger partial charge >= 0.3 is 12.0 Å². The fraction of sp³-hybridized carbons (Fsp3) is 0.273. The Kier molecular flexibility index (Phi) is 6.82. The molecule has 2 aromatic rings. The van der Waals surface area contributed by atoms with Gasteiger partial charge in [0.2, 0.25) is 0 Å². The molecule has 3 rings (SSSR count). The number of hydrogen-bond acceptors (Lipinski definition) is 7. The predicted octanol–water partition coefficient (Wildman–Crippen LogP) is 3.24. The Hall–Kier alpha value is -3.73. The summed E-state index contributed by atoms with van der Waals surface area (Å²) in [6.07, 6.45) is 0. The molecule has 1 unspecified atom stereocenters. The van der Waals surface area contributed by atoms with Gasteiger partial charge in [-0.15, -0.1) is 0 Å². The van der Waals surface area contributed by atoms with Crippen molar-refractivity contribution in [3.8, 4) is 0 Å². The Labute approximate surface area is 190 Å². The van der Waals surface area contributed by atoms with Crippen LogP contribution < -0.4 is 5.32 Å². The lowest BCUT2D eigenvalue weighted by Crippen LogP contribution is -2.50. The highest BCUT2D eigenvalue weighted by molar-refractivity contribution is 7.91. The van der Waals surface area contributed by atoms with Crippen LogP contribution in [0.3, 0.4) is 0 Å². The summed E-state index contributed by atoms with van der Waals surface area (Å²) in [6.45, 7) is 5.01. The number of allylic oxidation sites excluding steroid dienone is 1. The number of esters is 1. The molecule has 10 nitrogen and oxygen atoms in total. The minimum atomic E-state index is -3.97. The van der Waals surface area contributed by atoms with Crippen LogP contribution in [0.2, 0.25) is 0 Å². The Balaban J connectivity index is 2.11. The average molecular weight is 474 g/mol. The zero-order chi connectivity index (χ0) is 24.3. The fourth-order valence-corrected chi connectivity index (χ4v) is 4.84. The van der Waals surface area contributed by atoms with E-state index < -0.39 is 38.7 Å². The number of nitrogens with zero attached hydrogens (tertiary/aromatic N) is 2. The maximum atomic E-state index is 13.1. The van der Waals surface area contributed by atoms with E-state index in [-0.39, 0.29) is 28.5 Å². The number of nitro benzene ring substituents is 1. The molecule has 1 atom stereocenters. The van der Waals surface area contributed by atoms with E-state index in [0.717, 1.165) is 10.5 Å². The standard InChI is InChI=1S/C22H23N3O7S/c1-4-32-21(26)19-15(3)23-22(27)24(13-33(30,31)18-11-5-14(2)6-12-18)20(19)16-7-9-17(10-8-16)25(28)29/h5-12,20H,4,13H2,1-3H3,(H,23,27). The van der Waals surface area contributed by atoms with E-state index in [1.54, 1.807) is 19.1 Å². The molecular formula is C22H23N3O7S. The number of carbonyl (C=O) groups excluding carboxylic acids is 2. The van der Waals surface area contributed by atoms with Crippen LogP contribution >= 0.6 is 0 Å². The van der Waals surface area contributed by atoms with Crippen LogP contribution in [0.25, 0.3) is 0 Å². The third-order valence-electron chi connectivity index (χ3n) is 5.15. The first-order valence-electron chi connectivity index (χ1n) is 10.0. The van der Waals surface area contributed by atoms with E-state index in [1.807, 2.05) is 6.92 Å². The van der Waals surface area contributed by atoms with Gasteiger partial charge in [-0.1, -0.05) is 17.7 Å². The quantitative estimate of drug-likeness (QED) is 0.370. The molecule has 33 heavy (non-hydrogen) atoms. The Bertz CT molecular complexity index is 1220. The van der Waals surface area contributed by atoms with Crippen molar-refractivity contribution in [1.29, 1.82) is 0 Å². The van der Waals surface area contributed by atoms with E-state index >= 15 is 0 Å². The first kappa shape index (κ1) is 23.9. The van der Waals surface area contributed by atoms with Gasteiger partial charge in [-0.05, 0) is 50.6 Å². The average Bonchev–Trinajstić information content (AvgIpc) is 2.75. The summed E-state index contributed by atoms with van der Waals surface area (Å²) in [7, 11) is -3.97. The van der Waals surface area contributed by atoms with Crippen LogP contribution in [0.15, 0.2) is 64.7 Å². The van der Waals surface area contributed by atoms with Crippen LogP contribution in [0.4, 0.5) is 10.5 Å². The number of amides is 2. The number of ether oxygens (including phenoxy) is 1. The summed E-state index contributed by atoms with van der Waals surface area (Å²) in [6, 6.07) is 9.56. The second kappa shape index (κ2) is 9.41. The molecule has 11 heteroatoms. The number of nitrogens with one attached hydrogen (secondary N) is 1. The lowest BCUT2D eigenvalue weighted by atomic mass is 9.94. The smallest absolute Gasteiger partial charge is 0.338 e. The van der Waals surface area contributed by atoms with Gasteiger partial charge in [0.05, 0.1) is 28.0 Å². The van der Waals surface area contributed by atoms with Crippen LogP contribution in [-0.4, -0.2) is 42.7 Å². The first-order chi connectivity index (χ1) is 15.5. The van der Waals surface area contributed by atoms with Crippen LogP contribution in [0.1, 0.15) is 31.0 Å². The molecule has 0 saturated heterocycles. The molecule has 0 bridgehead atoms. The van der Waals surface area contributed by atoms with Gasteiger partial charge in [-0.3, -0.25) is 15.0 Å². The van der Waals surface area contributed by atoms with Crippen molar-refractivity contribution >= 4 is 27.5 Å². The summed E-state index contributed by atoms with van der Waals surface area (Å²) in [5.41, 5.74) is 1.28. The molecule has 0 saturated carbocycles. The van der Waals surface area contributed by atoms with Crippen molar-refractivity contribution in [2.24, 2.45) is 0 Å². The Morgan fingerprint density at radius 1 is 1.12 bits per heavy atom. The first-order valence-corrected chi connectivity index (χ1v) is 11.7. The maximum Gasteiger partial charge on any atom is 0.338 e. The van der Waals surface area contributed by atoms with E-state index in [4.69, 9.17) is 4.74 Å². The normalized spacial score (nSPS) is 16.4. The lowest BCUT2D eigenvalue weighted by molar-refractivity contribution is -0.384. The SMILES string of the molecule is CCOC(=O)C1=C(C)NC(=O)N(CS(=O)(=O)c2ccc(C)cc2)C1c1ccc([N+](=O)[O-])cc1. The second-order valence-electron chi connectivity index (χ2n) is 7.47. The van der Waals surface area contributed by atoms with Crippen molar-refractivity contribution in [2.45, 2.75) is 31.7 Å². The van der Waals surface area contributed by atoms with E-state index in [2.05, 4.69) is 5.32 Å². The van der Waals surface area contributed by atoms with E-state index in [0.29, 0.717) is 5.56 Å². The molecule has 1 N–H and O–H groups in total. The van der Waals surface area contributed by atoms with Gasteiger partial charge in [0.25, 0.3) is 5.69 Å². The number of sulfone groups is 1. The molecule has 0 fully saturated rings. The van der Waals surface area contributed by atoms with Gasteiger partial charge < -0.3 is 10.1 Å². The highest BCUT2D eigenvalue weighted by Gasteiger charge is 2.40. The molecule has 2 amide bonds. The summed E-state index contributed by atoms with van der Waals surface area (Å²) >= 11 is 0. The second-order valence-corrected chi connectivity index (χ2v) is 9.43. The lowest BCUT2D eigenvalue weighted by Gasteiger charge is -2.37. The predicted molar refractivity (Wildman–Crippen MR) is 119 cm³/mol. The summed E-state index contributed by atoms with van der Waals surface area (Å²) in [4.78, 5) is 37.2. The molecule has 1 aliphatic heterocycles. The van der Waals surface area contributed by atoms with Crippen molar-refractivity contribution in [3.63, 3.8) is 0 Å². The molecule has 0 spiro atoms. The zero-order valence-corrected chi connectivity index (χ0v) is 19.1. The molecule has 0 aliphatic carbocycles. The summed E-state index contributed by atoms with van der Waals surface area (Å²) in [5.74, 6) is -1.45. The van der Waals surface area contributed by atoms with Crippen molar-refractivity contribution in [2.75, 3.05) is 12.5 Å². The number of benzene rings is 2. The molecule has 2 aromatic carbocycles. The number of nitro groups is 1. The van der Waals surface area contributed by atoms with Crippen molar-refractivity contribution in [3.05, 3.63) is 81.0 Å². The minimum Gasteiger partial charge on any atom is -0.463 e. The Morgan fingerprint density at radius 2 is 1.73 bits per heavy atom. The molecule has 1 aliphatic rings. The molecule has 0 aromatic heterocycles. The minimum absolute atomic E-state index is 0.0207. The van der Waals surface area contributed by atoms with Crippen LogP contribution in [0, 0.1) is 17.0 Å². The zero-order valence-electron chi connectivity index (χ0n) is 18.3. The third kappa shape index (κ3) is 5.03. The van der Waals surface area contributed by atoms with Crippen LogP contribution in [0.5, 0.6) is 0 Å². The van der Waals surface area contributed by atoms with E-state index in [9.17, 15) is 28.1 Å². The van der Waals surface area contributed by atoms with Gasteiger partial charge in [-0.2, -0.15) is 0 Å². The monoisotopic (exact) mass is 473 g/mol. The van der Waals surface area contributed by atoms with Gasteiger partial charge in [0.1, 0.15) is 5.88 Å². The summed E-state index contributed by atoms with van der Waals surface area (Å²) < 4.78 is 31.4. The third-order valence-corrected chi connectivity index (χ3v) is 6.76. The fourth-order valence-electron chi connectivity index (χ4n) is 3.51. The van der Waals surface area contributed by atoms with Gasteiger partial charge in [-0.25, -0.2) is 18.0 Å². The van der Waals surface area contributed by atoms with E-state index in [1.165, 1.54) is 43.3 Å². The number of hydrogen-bond donors (Lipinski definition) is 1. The van der Waals surface area contributed by atoms with Gasteiger partial charge in [0.15, 0.2) is 9.84 Å². The number of rotatable bonds is 7. The van der Waals surface area contributed by atoms with Crippen molar-refractivity contribution < 1.29 is 27.7 Å². The number of non-ortho nitro benzene ring substituents is 1. The number of carbonyl (C=O) groups is 2. The molecule has 0 radical (unpaired) electrons. The molecular weight excluding hydrogens is 450 g/mol. The Morgan fingerprint density at radius 3 is 2.27 bits per heavy atom.